The van der Waals surface area contributed by atoms with Crippen LogP contribution in [0.5, 0.6) is 0 Å². The predicted octanol–water partition coefficient (Wildman–Crippen LogP) is 3.74. The lowest BCUT2D eigenvalue weighted by Crippen LogP contribution is -2.49. The van der Waals surface area contributed by atoms with E-state index in [1.807, 2.05) is 0 Å². The van der Waals surface area contributed by atoms with Crippen LogP contribution in [-0.4, -0.2) is 30.2 Å². The largest absolute Gasteiger partial charge is 0.366 e. The Morgan fingerprint density at radius 3 is 2.56 bits per heavy atom. The second kappa shape index (κ2) is 6.93. The minimum absolute atomic E-state index is 0.192. The quantitative estimate of drug-likeness (QED) is 0.588. The van der Waals surface area contributed by atoms with Gasteiger partial charge in [-0.3, -0.25) is 0 Å². The van der Waals surface area contributed by atoms with Gasteiger partial charge in [0, 0.05) is 11.9 Å². The highest BCUT2D eigenvalue weighted by atomic mass is 35.5. The fourth-order valence-corrected chi connectivity index (χ4v) is 2.77. The van der Waals surface area contributed by atoms with Crippen LogP contribution in [0.4, 0.5) is 0 Å². The van der Waals surface area contributed by atoms with Crippen LogP contribution in [0.15, 0.2) is 12.2 Å². The van der Waals surface area contributed by atoms with E-state index in [2.05, 4.69) is 39.6 Å². The average Bonchev–Trinajstić information content (AvgIpc) is 2.38. The Morgan fingerprint density at radius 2 is 2.11 bits per heavy atom. The van der Waals surface area contributed by atoms with Gasteiger partial charge in [-0.2, -0.15) is 0 Å². The molecular formula is C15H28ClNO. The van der Waals surface area contributed by atoms with Crippen molar-refractivity contribution in [2.24, 2.45) is 5.92 Å². The maximum atomic E-state index is 6.35. The molecule has 0 aliphatic carbocycles. The van der Waals surface area contributed by atoms with E-state index in [1.165, 1.54) is 19.3 Å². The molecule has 0 saturated carbocycles. The van der Waals surface area contributed by atoms with E-state index in [-0.39, 0.29) is 11.7 Å². The first-order valence-electron chi connectivity index (χ1n) is 7.07. The van der Waals surface area contributed by atoms with Gasteiger partial charge in [0.05, 0.1) is 11.7 Å². The molecule has 0 aromatic heterocycles. The number of hydrogen-bond acceptors (Lipinski definition) is 2. The van der Waals surface area contributed by atoms with Crippen LogP contribution < -0.4 is 5.32 Å². The van der Waals surface area contributed by atoms with E-state index in [0.717, 1.165) is 12.1 Å². The third-order valence-corrected chi connectivity index (χ3v) is 4.63. The number of nitrogens with one attached hydrogen (secondary N) is 1. The van der Waals surface area contributed by atoms with Crippen LogP contribution in [0, 0.1) is 5.92 Å². The average molecular weight is 274 g/mol. The van der Waals surface area contributed by atoms with Crippen LogP contribution in [-0.2, 0) is 4.74 Å². The highest BCUT2D eigenvalue weighted by molar-refractivity contribution is 6.19. The maximum absolute atomic E-state index is 6.35. The summed E-state index contributed by atoms with van der Waals surface area (Å²) in [7, 11) is 0. The Bertz CT molecular complexity index is 274. The van der Waals surface area contributed by atoms with Crippen molar-refractivity contribution in [1.29, 1.82) is 0 Å². The summed E-state index contributed by atoms with van der Waals surface area (Å²) in [5.74, 6) is 0.828. The minimum Gasteiger partial charge on any atom is -0.366 e. The van der Waals surface area contributed by atoms with Gasteiger partial charge in [-0.25, -0.2) is 0 Å². The molecular weight excluding hydrogens is 246 g/mol. The van der Waals surface area contributed by atoms with Gasteiger partial charge in [0.25, 0.3) is 0 Å². The lowest BCUT2D eigenvalue weighted by atomic mass is 9.85. The van der Waals surface area contributed by atoms with Gasteiger partial charge >= 0.3 is 0 Å². The van der Waals surface area contributed by atoms with Crippen molar-refractivity contribution < 1.29 is 4.74 Å². The van der Waals surface area contributed by atoms with Crippen LogP contribution in [0.2, 0.25) is 0 Å². The molecule has 0 spiro atoms. The van der Waals surface area contributed by atoms with E-state index >= 15 is 0 Å². The fraction of sp³-hybridized carbons (Fsp3) is 0.867. The molecule has 1 rings (SSSR count). The summed E-state index contributed by atoms with van der Waals surface area (Å²) in [4.78, 5) is 0. The third-order valence-electron chi connectivity index (χ3n) is 4.31. The smallest absolute Gasteiger partial charge is 0.0899 e. The Hall–Kier alpha value is -0.0500. The van der Waals surface area contributed by atoms with Crippen molar-refractivity contribution in [2.75, 3.05) is 12.4 Å². The zero-order valence-corrected chi connectivity index (χ0v) is 13.0. The zero-order chi connectivity index (χ0) is 13.8. The number of alkyl halides is 1. The summed E-state index contributed by atoms with van der Waals surface area (Å²) >= 11 is 5.95. The molecule has 1 N–H and O–H groups in total. The van der Waals surface area contributed by atoms with E-state index in [0.29, 0.717) is 17.8 Å². The Morgan fingerprint density at radius 1 is 1.44 bits per heavy atom. The Kier molecular flexibility index (Phi) is 6.16. The Balaban J connectivity index is 2.68. The van der Waals surface area contributed by atoms with E-state index in [4.69, 9.17) is 16.3 Å². The van der Waals surface area contributed by atoms with E-state index < -0.39 is 0 Å². The molecule has 1 fully saturated rings. The first-order valence-corrected chi connectivity index (χ1v) is 7.60. The van der Waals surface area contributed by atoms with Crippen molar-refractivity contribution in [3.05, 3.63) is 12.2 Å². The molecule has 3 unspecified atom stereocenters. The van der Waals surface area contributed by atoms with E-state index in [9.17, 15) is 0 Å². The lowest BCUT2D eigenvalue weighted by Gasteiger charge is -2.41. The molecule has 3 heteroatoms. The molecule has 3 atom stereocenters. The van der Waals surface area contributed by atoms with Crippen molar-refractivity contribution in [3.8, 4) is 0 Å². The Labute approximate surface area is 117 Å². The molecule has 0 aromatic rings. The first kappa shape index (κ1) is 16.0. The lowest BCUT2D eigenvalue weighted by molar-refractivity contribution is -0.0927. The van der Waals surface area contributed by atoms with Crippen molar-refractivity contribution >= 4 is 11.6 Å². The van der Waals surface area contributed by atoms with E-state index in [1.54, 1.807) is 0 Å². The van der Waals surface area contributed by atoms with Gasteiger partial charge in [0.2, 0.25) is 0 Å². The normalized spacial score (nSPS) is 25.8. The highest BCUT2D eigenvalue weighted by Gasteiger charge is 2.35. The first-order chi connectivity index (χ1) is 8.41. The number of halogens is 1. The molecule has 1 saturated heterocycles. The number of rotatable bonds is 6. The number of piperidine rings is 1. The van der Waals surface area contributed by atoms with Gasteiger partial charge in [0.1, 0.15) is 0 Å². The predicted molar refractivity (Wildman–Crippen MR) is 79.3 cm³/mol. The minimum atomic E-state index is -0.333. The maximum Gasteiger partial charge on any atom is 0.0899 e. The second-order valence-electron chi connectivity index (χ2n) is 5.88. The van der Waals surface area contributed by atoms with Crippen LogP contribution in [0.3, 0.4) is 0 Å². The summed E-state index contributed by atoms with van der Waals surface area (Å²) in [6.07, 6.45) is 3.96. The van der Waals surface area contributed by atoms with Crippen molar-refractivity contribution in [1.82, 2.24) is 5.32 Å². The summed E-state index contributed by atoms with van der Waals surface area (Å²) in [5, 5.41) is 3.55. The molecule has 0 radical (unpaired) electrons. The SMILES string of the molecule is C=C(CCl)C(C)(OC(C)C1CCCCN1)C(C)C. The second-order valence-corrected chi connectivity index (χ2v) is 6.15. The standard InChI is InChI=1S/C15H28ClNO/c1-11(2)15(5,12(3)10-16)18-13(4)14-8-6-7-9-17-14/h11,13-14,17H,3,6-10H2,1-2,4-5H3. The molecule has 1 aliphatic heterocycles. The summed E-state index contributed by atoms with van der Waals surface area (Å²) in [6.45, 7) is 13.8. The van der Waals surface area contributed by atoms with Gasteiger partial charge in [-0.1, -0.05) is 26.8 Å². The third kappa shape index (κ3) is 3.72. The molecule has 0 bridgehead atoms. The van der Waals surface area contributed by atoms with Crippen molar-refractivity contribution in [3.63, 3.8) is 0 Å². The van der Waals surface area contributed by atoms with Crippen molar-refractivity contribution in [2.45, 2.75) is 64.7 Å². The van der Waals surface area contributed by atoms with Crippen LogP contribution >= 0.6 is 11.6 Å². The molecule has 106 valence electrons. The molecule has 2 nitrogen and oxygen atoms in total. The topological polar surface area (TPSA) is 21.3 Å². The summed E-state index contributed by atoms with van der Waals surface area (Å²) in [5.41, 5.74) is 0.641. The van der Waals surface area contributed by atoms with Gasteiger partial charge in [-0.15, -0.1) is 11.6 Å². The number of ether oxygens (including phenoxy) is 1. The van der Waals surface area contributed by atoms with Gasteiger partial charge < -0.3 is 10.1 Å². The van der Waals surface area contributed by atoms with Gasteiger partial charge in [0.15, 0.2) is 0 Å². The highest BCUT2D eigenvalue weighted by Crippen LogP contribution is 2.32. The van der Waals surface area contributed by atoms with Crippen LogP contribution in [0.1, 0.15) is 47.0 Å². The fourth-order valence-electron chi connectivity index (χ4n) is 2.51. The van der Waals surface area contributed by atoms with Crippen LogP contribution in [0.25, 0.3) is 0 Å². The molecule has 0 aromatic carbocycles. The molecule has 1 aliphatic rings. The molecule has 0 amide bonds. The zero-order valence-electron chi connectivity index (χ0n) is 12.3. The molecule has 18 heavy (non-hydrogen) atoms. The summed E-state index contributed by atoms with van der Waals surface area (Å²) in [6, 6.07) is 0.458. The summed E-state index contributed by atoms with van der Waals surface area (Å²) < 4.78 is 6.35. The monoisotopic (exact) mass is 273 g/mol. The van der Waals surface area contributed by atoms with Gasteiger partial charge in [-0.05, 0) is 44.7 Å². The molecule has 1 heterocycles. The number of hydrogen-bond donors (Lipinski definition) is 1.